The Hall–Kier alpha value is -2.91. The van der Waals surface area contributed by atoms with Gasteiger partial charge in [0.15, 0.2) is 10.9 Å². The smallest absolute Gasteiger partial charge is 0.350 e. The summed E-state index contributed by atoms with van der Waals surface area (Å²) in [6, 6.07) is 9.44. The lowest BCUT2D eigenvalue weighted by molar-refractivity contribution is -0.118. The molecule has 0 aliphatic carbocycles. The minimum Gasteiger partial charge on any atom is -0.462 e. The highest BCUT2D eigenvalue weighted by Gasteiger charge is 2.25. The van der Waals surface area contributed by atoms with E-state index in [1.54, 1.807) is 32.0 Å². The van der Waals surface area contributed by atoms with Crippen LogP contribution >= 0.6 is 22.7 Å². The minimum atomic E-state index is -0.494. The lowest BCUT2D eigenvalue weighted by Gasteiger charge is -2.20. The highest BCUT2D eigenvalue weighted by Crippen LogP contribution is 2.29. The molecule has 0 N–H and O–H groups in total. The van der Waals surface area contributed by atoms with E-state index in [1.807, 2.05) is 13.0 Å². The number of rotatable bonds is 9. The van der Waals surface area contributed by atoms with Crippen molar-refractivity contribution in [1.82, 2.24) is 4.98 Å². The van der Waals surface area contributed by atoms with Crippen LogP contribution in [-0.4, -0.2) is 29.3 Å². The third-order valence-electron chi connectivity index (χ3n) is 4.61. The van der Waals surface area contributed by atoms with Crippen LogP contribution in [-0.2, 0) is 16.1 Å². The molecule has 0 atom stereocenters. The van der Waals surface area contributed by atoms with Crippen molar-refractivity contribution in [2.75, 3.05) is 11.5 Å². The number of ketones is 1. The van der Waals surface area contributed by atoms with E-state index in [0.717, 1.165) is 16.2 Å². The molecule has 0 aliphatic heterocycles. The number of ether oxygens (including phenoxy) is 1. The first-order valence-electron chi connectivity index (χ1n) is 10.1. The molecule has 0 fully saturated rings. The van der Waals surface area contributed by atoms with Crippen LogP contribution in [0.15, 0.2) is 36.4 Å². The van der Waals surface area contributed by atoms with Gasteiger partial charge >= 0.3 is 5.97 Å². The maximum absolute atomic E-state index is 13.3. The normalized spacial score (nSPS) is 10.8. The van der Waals surface area contributed by atoms with E-state index in [-0.39, 0.29) is 43.5 Å². The molecule has 9 heteroatoms. The van der Waals surface area contributed by atoms with Crippen LogP contribution in [0.25, 0.3) is 0 Å². The van der Waals surface area contributed by atoms with E-state index in [1.165, 1.54) is 28.4 Å². The molecule has 1 amide bonds. The lowest BCUT2D eigenvalue weighted by Crippen LogP contribution is -2.30. The molecule has 1 aromatic carbocycles. The number of carbonyl (C=O) groups is 3. The topological polar surface area (TPSA) is 76.6 Å². The number of hydrogen-bond donors (Lipinski definition) is 0. The Bertz CT molecular complexity index is 1120. The highest BCUT2D eigenvalue weighted by atomic mass is 32.1. The monoisotopic (exact) mass is 474 g/mol. The molecule has 0 spiro atoms. The number of benzene rings is 1. The van der Waals surface area contributed by atoms with E-state index in [4.69, 9.17) is 4.74 Å². The molecular weight excluding hydrogens is 451 g/mol. The van der Waals surface area contributed by atoms with Gasteiger partial charge in [-0.1, -0.05) is 23.5 Å². The van der Waals surface area contributed by atoms with Crippen molar-refractivity contribution in [1.29, 1.82) is 0 Å². The maximum atomic E-state index is 13.3. The minimum absolute atomic E-state index is 0.00958. The average Bonchev–Trinajstić information content (AvgIpc) is 3.37. The fraction of sp³-hybridized carbons (Fsp3) is 0.304. The van der Waals surface area contributed by atoms with Crippen LogP contribution in [0.3, 0.4) is 0 Å². The SMILES string of the molecule is CCOC(=O)c1sc(N(Cc2ccc(F)cc2)C(=O)CCC(=O)c2ccc(C)s2)nc1C. The molecule has 6 nitrogen and oxygen atoms in total. The van der Waals surface area contributed by atoms with Gasteiger partial charge in [0.1, 0.15) is 10.7 Å². The van der Waals surface area contributed by atoms with Crippen molar-refractivity contribution < 1.29 is 23.5 Å². The Morgan fingerprint density at radius 3 is 2.38 bits per heavy atom. The van der Waals surface area contributed by atoms with Crippen molar-refractivity contribution in [3.05, 3.63) is 68.1 Å². The first-order chi connectivity index (χ1) is 15.3. The van der Waals surface area contributed by atoms with Crippen molar-refractivity contribution in [2.45, 2.75) is 40.2 Å². The molecule has 0 saturated carbocycles. The number of Topliss-reactive ketones (excluding diaryl/α,β-unsaturated/α-hetero) is 1. The second-order valence-electron chi connectivity index (χ2n) is 7.07. The maximum Gasteiger partial charge on any atom is 0.350 e. The molecule has 0 unspecified atom stereocenters. The van der Waals surface area contributed by atoms with Gasteiger partial charge in [0.2, 0.25) is 5.91 Å². The van der Waals surface area contributed by atoms with Crippen molar-refractivity contribution in [3.8, 4) is 0 Å². The Balaban J connectivity index is 1.82. The number of halogens is 1. The average molecular weight is 475 g/mol. The largest absolute Gasteiger partial charge is 0.462 e. The van der Waals surface area contributed by atoms with Crippen molar-refractivity contribution in [2.24, 2.45) is 0 Å². The quantitative estimate of drug-likeness (QED) is 0.309. The lowest BCUT2D eigenvalue weighted by atomic mass is 10.1. The summed E-state index contributed by atoms with van der Waals surface area (Å²) in [5, 5.41) is 0.333. The Kier molecular flexibility index (Phi) is 7.87. The molecule has 0 radical (unpaired) electrons. The second kappa shape index (κ2) is 10.6. The number of thiophene rings is 1. The van der Waals surface area contributed by atoms with E-state index in [2.05, 4.69) is 4.98 Å². The molecule has 3 rings (SSSR count). The van der Waals surface area contributed by atoms with Crippen molar-refractivity contribution >= 4 is 45.5 Å². The standard InChI is InChI=1S/C23H23FN2O4S2/c1-4-30-22(29)21-15(3)25-23(32-21)26(13-16-6-8-17(24)9-7-16)20(28)12-10-18(27)19-11-5-14(2)31-19/h5-9,11H,4,10,12-13H2,1-3H3. The van der Waals surface area contributed by atoms with Crippen LogP contribution in [0.1, 0.15) is 55.2 Å². The van der Waals surface area contributed by atoms with Crippen molar-refractivity contribution in [3.63, 3.8) is 0 Å². The fourth-order valence-corrected chi connectivity index (χ4v) is 4.79. The third-order valence-corrected chi connectivity index (χ3v) is 6.82. The van der Waals surface area contributed by atoms with Crippen LogP contribution in [0, 0.1) is 19.7 Å². The van der Waals surface area contributed by atoms with Gasteiger partial charge in [0.05, 0.1) is 23.7 Å². The molecule has 32 heavy (non-hydrogen) atoms. The molecule has 2 heterocycles. The molecule has 2 aromatic heterocycles. The van der Waals surface area contributed by atoms with Gasteiger partial charge in [-0.05, 0) is 50.6 Å². The first-order valence-corrected chi connectivity index (χ1v) is 11.7. The number of nitrogens with zero attached hydrogens (tertiary/aromatic N) is 2. The predicted octanol–water partition coefficient (Wildman–Crippen LogP) is 5.33. The van der Waals surface area contributed by atoms with E-state index in [0.29, 0.717) is 26.1 Å². The first kappa shape index (κ1) is 23.7. The summed E-state index contributed by atoms with van der Waals surface area (Å²) in [4.78, 5) is 45.6. The van der Waals surface area contributed by atoms with Gasteiger partial charge in [0, 0.05) is 17.7 Å². The van der Waals surface area contributed by atoms with Gasteiger partial charge in [-0.2, -0.15) is 0 Å². The Morgan fingerprint density at radius 2 is 1.75 bits per heavy atom. The molecule has 0 saturated heterocycles. The zero-order valence-electron chi connectivity index (χ0n) is 18.0. The Morgan fingerprint density at radius 1 is 1.03 bits per heavy atom. The summed E-state index contributed by atoms with van der Waals surface area (Å²) >= 11 is 2.46. The summed E-state index contributed by atoms with van der Waals surface area (Å²) in [5.74, 6) is -1.27. The number of esters is 1. The summed E-state index contributed by atoms with van der Waals surface area (Å²) in [6.07, 6.45) is 0.0537. The van der Waals surface area contributed by atoms with Crippen LogP contribution < -0.4 is 4.90 Å². The van der Waals surface area contributed by atoms with Gasteiger partial charge in [-0.15, -0.1) is 11.3 Å². The Labute approximate surface area is 193 Å². The number of aryl methyl sites for hydroxylation is 2. The van der Waals surface area contributed by atoms with Gasteiger partial charge in [-0.3, -0.25) is 14.5 Å². The molecule has 0 bridgehead atoms. The van der Waals surface area contributed by atoms with Crippen LogP contribution in [0.2, 0.25) is 0 Å². The number of amides is 1. The zero-order chi connectivity index (χ0) is 23.3. The predicted molar refractivity (Wildman–Crippen MR) is 123 cm³/mol. The molecule has 3 aromatic rings. The number of thiazole rings is 1. The zero-order valence-corrected chi connectivity index (χ0v) is 19.6. The molecule has 168 valence electrons. The van der Waals surface area contributed by atoms with Gasteiger partial charge in [0.25, 0.3) is 0 Å². The van der Waals surface area contributed by atoms with Gasteiger partial charge < -0.3 is 4.74 Å². The van der Waals surface area contributed by atoms with E-state index in [9.17, 15) is 18.8 Å². The number of carbonyl (C=O) groups excluding carboxylic acids is 3. The van der Waals surface area contributed by atoms with Crippen LogP contribution in [0.5, 0.6) is 0 Å². The summed E-state index contributed by atoms with van der Waals surface area (Å²) < 4.78 is 18.4. The molecule has 0 aliphatic rings. The summed E-state index contributed by atoms with van der Waals surface area (Å²) in [5.41, 5.74) is 1.16. The van der Waals surface area contributed by atoms with E-state index < -0.39 is 5.97 Å². The summed E-state index contributed by atoms with van der Waals surface area (Å²) in [6.45, 7) is 5.68. The number of aromatic nitrogens is 1. The summed E-state index contributed by atoms with van der Waals surface area (Å²) in [7, 11) is 0. The third kappa shape index (κ3) is 5.86. The van der Waals surface area contributed by atoms with Gasteiger partial charge in [-0.25, -0.2) is 14.2 Å². The molecular formula is C23H23FN2O4S2. The van der Waals surface area contributed by atoms with E-state index >= 15 is 0 Å². The van der Waals surface area contributed by atoms with Crippen LogP contribution in [0.4, 0.5) is 9.52 Å². The highest BCUT2D eigenvalue weighted by molar-refractivity contribution is 7.17. The fourth-order valence-electron chi connectivity index (χ4n) is 2.98. The number of anilines is 1. The number of hydrogen-bond acceptors (Lipinski definition) is 7. The second-order valence-corrected chi connectivity index (χ2v) is 9.34.